The maximum atomic E-state index is 13.6. The van der Waals surface area contributed by atoms with Crippen molar-refractivity contribution >= 4 is 24.8 Å². The molecule has 1 saturated heterocycles. The number of hydrogen-bond donors (Lipinski definition) is 1. The van der Waals surface area contributed by atoms with Crippen molar-refractivity contribution in [2.45, 2.75) is 33.0 Å². The van der Waals surface area contributed by atoms with E-state index in [4.69, 9.17) is 0 Å². The molecule has 0 aliphatic carbocycles. The van der Waals surface area contributed by atoms with Crippen molar-refractivity contribution < 1.29 is 13.2 Å². The van der Waals surface area contributed by atoms with Crippen LogP contribution in [0.15, 0.2) is 12.1 Å². The maximum Gasteiger partial charge on any atom is 0.408 e. The molecule has 0 amide bonds. The van der Waals surface area contributed by atoms with E-state index in [1.54, 1.807) is 18.7 Å². The van der Waals surface area contributed by atoms with Crippen LogP contribution in [0, 0.1) is 20.8 Å². The van der Waals surface area contributed by atoms with Crippen LogP contribution < -0.4 is 5.32 Å². The Hall–Kier alpha value is -0.490. The number of hydrogen-bond acceptors (Lipinski definition) is 2. The van der Waals surface area contributed by atoms with Crippen molar-refractivity contribution in [2.75, 3.05) is 26.2 Å². The number of nitrogens with zero attached hydrogens (tertiary/aromatic N) is 1. The summed E-state index contributed by atoms with van der Waals surface area (Å²) in [6.07, 6.45) is -4.25. The normalized spacial score (nSPS) is 17.4. The zero-order chi connectivity index (χ0) is 14.9. The molecule has 1 aromatic carbocycles. The number of piperazine rings is 1. The zero-order valence-corrected chi connectivity index (χ0v) is 14.6. The van der Waals surface area contributed by atoms with Crippen LogP contribution >= 0.6 is 24.8 Å². The van der Waals surface area contributed by atoms with Crippen LogP contribution in [0.4, 0.5) is 13.2 Å². The van der Waals surface area contributed by atoms with Gasteiger partial charge in [0.25, 0.3) is 0 Å². The summed E-state index contributed by atoms with van der Waals surface area (Å²) in [5, 5.41) is 3.10. The summed E-state index contributed by atoms with van der Waals surface area (Å²) in [5.41, 5.74) is 2.88. The minimum absolute atomic E-state index is 0. The molecule has 1 aliphatic rings. The average molecular weight is 359 g/mol. The van der Waals surface area contributed by atoms with Gasteiger partial charge in [-0.2, -0.15) is 13.2 Å². The summed E-state index contributed by atoms with van der Waals surface area (Å²) in [5.74, 6) is 0. The first-order chi connectivity index (χ1) is 9.30. The maximum absolute atomic E-state index is 13.6. The van der Waals surface area contributed by atoms with Gasteiger partial charge in [0.05, 0.1) is 0 Å². The molecule has 1 heterocycles. The highest BCUT2D eigenvalue weighted by atomic mass is 35.5. The molecule has 1 fully saturated rings. The standard InChI is InChI=1S/C15H21F3N2.2ClH/c1-10-8-11(2)13(12(3)9-10)14(15(16,17)18)20-6-4-19-5-7-20;;/h8-9,14,19H,4-7H2,1-3H3;2*1H/t14-;;/m1../s1. The number of alkyl halides is 3. The van der Waals surface area contributed by atoms with E-state index in [-0.39, 0.29) is 24.8 Å². The molecule has 0 spiro atoms. The predicted molar refractivity (Wildman–Crippen MR) is 88.4 cm³/mol. The van der Waals surface area contributed by atoms with E-state index in [9.17, 15) is 13.2 Å². The van der Waals surface area contributed by atoms with Gasteiger partial charge in [0.2, 0.25) is 0 Å². The van der Waals surface area contributed by atoms with Gasteiger partial charge in [-0.15, -0.1) is 24.8 Å². The molecule has 2 rings (SSSR count). The third-order valence-corrected chi connectivity index (χ3v) is 3.84. The summed E-state index contributed by atoms with van der Waals surface area (Å²) in [7, 11) is 0. The fourth-order valence-electron chi connectivity index (χ4n) is 3.12. The highest BCUT2D eigenvalue weighted by Gasteiger charge is 2.46. The summed E-state index contributed by atoms with van der Waals surface area (Å²) < 4.78 is 40.8. The highest BCUT2D eigenvalue weighted by Crippen LogP contribution is 2.40. The molecular weight excluding hydrogens is 336 g/mol. The van der Waals surface area contributed by atoms with Gasteiger partial charge in [-0.25, -0.2) is 0 Å². The number of halogens is 5. The van der Waals surface area contributed by atoms with Crippen LogP contribution in [-0.2, 0) is 0 Å². The van der Waals surface area contributed by atoms with Gasteiger partial charge in [0, 0.05) is 26.2 Å². The van der Waals surface area contributed by atoms with Crippen LogP contribution in [0.2, 0.25) is 0 Å². The molecule has 1 atom stereocenters. The summed E-state index contributed by atoms with van der Waals surface area (Å²) in [6.45, 7) is 7.53. The molecular formula is C15H23Cl2F3N2. The van der Waals surface area contributed by atoms with E-state index >= 15 is 0 Å². The van der Waals surface area contributed by atoms with Crippen LogP contribution in [0.1, 0.15) is 28.3 Å². The van der Waals surface area contributed by atoms with Crippen molar-refractivity contribution in [1.82, 2.24) is 10.2 Å². The Labute approximate surface area is 142 Å². The van der Waals surface area contributed by atoms with Crippen molar-refractivity contribution in [2.24, 2.45) is 0 Å². The molecule has 128 valence electrons. The summed E-state index contributed by atoms with van der Waals surface area (Å²) in [6, 6.07) is 2.18. The molecule has 1 N–H and O–H groups in total. The van der Waals surface area contributed by atoms with Gasteiger partial charge in [0.1, 0.15) is 6.04 Å². The highest BCUT2D eigenvalue weighted by molar-refractivity contribution is 5.85. The Balaban J connectivity index is 0.00000220. The van der Waals surface area contributed by atoms with Crippen molar-refractivity contribution in [3.8, 4) is 0 Å². The van der Waals surface area contributed by atoms with Gasteiger partial charge in [0.15, 0.2) is 0 Å². The van der Waals surface area contributed by atoms with Gasteiger partial charge >= 0.3 is 6.18 Å². The molecule has 0 aromatic heterocycles. The van der Waals surface area contributed by atoms with E-state index in [0.717, 1.165) is 16.7 Å². The Morgan fingerprint density at radius 1 is 1.00 bits per heavy atom. The fraction of sp³-hybridized carbons (Fsp3) is 0.600. The SMILES string of the molecule is Cc1cc(C)c([C@@H](N2CCNCC2)C(F)(F)F)c(C)c1.Cl.Cl. The van der Waals surface area contributed by atoms with Crippen LogP contribution in [0.3, 0.4) is 0 Å². The first-order valence-corrected chi connectivity index (χ1v) is 6.90. The number of benzene rings is 1. The second-order valence-electron chi connectivity index (χ2n) is 5.54. The zero-order valence-electron chi connectivity index (χ0n) is 13.0. The molecule has 0 saturated carbocycles. The monoisotopic (exact) mass is 358 g/mol. The predicted octanol–water partition coefficient (Wildman–Crippen LogP) is 3.96. The molecule has 22 heavy (non-hydrogen) atoms. The second kappa shape index (κ2) is 8.39. The van der Waals surface area contributed by atoms with Crippen molar-refractivity contribution in [3.63, 3.8) is 0 Å². The smallest absolute Gasteiger partial charge is 0.314 e. The molecule has 7 heteroatoms. The van der Waals surface area contributed by atoms with E-state index in [1.165, 1.54) is 0 Å². The van der Waals surface area contributed by atoms with Gasteiger partial charge in [-0.05, 0) is 37.5 Å². The lowest BCUT2D eigenvalue weighted by Gasteiger charge is -2.37. The number of nitrogens with one attached hydrogen (secondary N) is 1. The van der Waals surface area contributed by atoms with Gasteiger partial charge < -0.3 is 5.32 Å². The van der Waals surface area contributed by atoms with Crippen molar-refractivity contribution in [3.05, 3.63) is 34.4 Å². The minimum Gasteiger partial charge on any atom is -0.314 e. The third kappa shape index (κ3) is 4.75. The van der Waals surface area contributed by atoms with Crippen LogP contribution in [-0.4, -0.2) is 37.3 Å². The Bertz CT molecular complexity index is 463. The first kappa shape index (κ1) is 21.5. The molecule has 1 aliphatic heterocycles. The van der Waals surface area contributed by atoms with E-state index in [0.29, 0.717) is 31.7 Å². The Kier molecular flexibility index (Phi) is 8.20. The molecule has 0 radical (unpaired) electrons. The quantitative estimate of drug-likeness (QED) is 0.860. The minimum atomic E-state index is -4.25. The molecule has 0 bridgehead atoms. The largest absolute Gasteiger partial charge is 0.408 e. The van der Waals surface area contributed by atoms with Crippen LogP contribution in [0.5, 0.6) is 0 Å². The Morgan fingerprint density at radius 3 is 1.86 bits per heavy atom. The number of rotatable bonds is 2. The van der Waals surface area contributed by atoms with E-state index < -0.39 is 12.2 Å². The lowest BCUT2D eigenvalue weighted by atomic mass is 9.92. The van der Waals surface area contributed by atoms with Gasteiger partial charge in [-0.1, -0.05) is 17.7 Å². The topological polar surface area (TPSA) is 15.3 Å². The molecule has 1 aromatic rings. The number of aryl methyl sites for hydroxylation is 3. The molecule has 0 unspecified atom stereocenters. The van der Waals surface area contributed by atoms with Crippen LogP contribution in [0.25, 0.3) is 0 Å². The third-order valence-electron chi connectivity index (χ3n) is 3.84. The lowest BCUT2D eigenvalue weighted by molar-refractivity contribution is -0.188. The van der Waals surface area contributed by atoms with E-state index in [2.05, 4.69) is 5.32 Å². The summed E-state index contributed by atoms with van der Waals surface area (Å²) >= 11 is 0. The second-order valence-corrected chi connectivity index (χ2v) is 5.54. The average Bonchev–Trinajstić information content (AvgIpc) is 2.33. The van der Waals surface area contributed by atoms with E-state index in [1.807, 2.05) is 19.1 Å². The van der Waals surface area contributed by atoms with Crippen molar-refractivity contribution in [1.29, 1.82) is 0 Å². The summed E-state index contributed by atoms with van der Waals surface area (Å²) in [4.78, 5) is 1.54. The van der Waals surface area contributed by atoms with Gasteiger partial charge in [-0.3, -0.25) is 4.90 Å². The Morgan fingerprint density at radius 2 is 1.45 bits per heavy atom. The lowest BCUT2D eigenvalue weighted by Crippen LogP contribution is -2.49. The first-order valence-electron chi connectivity index (χ1n) is 6.90. The molecule has 2 nitrogen and oxygen atoms in total. The fourth-order valence-corrected chi connectivity index (χ4v) is 3.12.